The predicted molar refractivity (Wildman–Crippen MR) is 499 cm³/mol. The number of nitrogen functional groups attached to an aromatic ring is 2. The number of nitrogens with zero attached hydrogens (tertiary/aromatic N) is 12. The van der Waals surface area contributed by atoms with Crippen molar-refractivity contribution in [3.8, 4) is 0 Å². The van der Waals surface area contributed by atoms with Gasteiger partial charge in [0.1, 0.15) is 59.7 Å². The van der Waals surface area contributed by atoms with E-state index in [0.29, 0.717) is 202 Å². The summed E-state index contributed by atoms with van der Waals surface area (Å²) in [5.41, 5.74) is 20.7. The number of piperidine rings is 1. The number of carbonyl (C=O) groups excluding carboxylic acids is 7. The van der Waals surface area contributed by atoms with E-state index in [1.165, 1.54) is 23.6 Å². The third kappa shape index (κ3) is 27.8. The number of Topliss-reactive ketones (excluding diaryl/α,β-unsaturated/α-hetero) is 2. The maximum atomic E-state index is 14.5. The SMILES string of the molecule is CO[C@H]1CC2CCCC(O2)C(=O)C(=O)N2CCCC[C@H]2C(=O)O[C@H](CCC2CCC(OC(=O)N3CCc4nc(N5CCN(c6ncc(C(=O)NCCOCCOCCOCCOCCC(=O)N7CCc8cc(CNc9ncnc(N)c9C(=N)c9ccc%10oc(N)nc%10c9)ccc8C7)cn6)[C@@H](C(=O)O)C5)ncc4C3)CC2)CC[C@H](C)/C=C(\C)[C@@H](O)CC(=O)[C@H](C)C[C@H](C)/C=C/C=CC=C1C. The van der Waals surface area contributed by atoms with Crippen LogP contribution in [-0.2, 0) is 99.1 Å². The van der Waals surface area contributed by atoms with Gasteiger partial charge >= 0.3 is 18.0 Å². The highest BCUT2D eigenvalue weighted by molar-refractivity contribution is 6.38. The maximum Gasteiger partial charge on any atom is 0.410 e. The average molecular weight is 1850 g/mol. The molecule has 2 unspecified atom stereocenters. The Morgan fingerprint density at radius 3 is 2.19 bits per heavy atom. The highest BCUT2D eigenvalue weighted by Crippen LogP contribution is 2.36. The molecule has 1 aliphatic carbocycles. The molecule has 0 radical (unpaired) electrons. The second-order valence-corrected chi connectivity index (χ2v) is 36.3. The van der Waals surface area contributed by atoms with Gasteiger partial charge in [-0.1, -0.05) is 75.4 Å². The lowest BCUT2D eigenvalue weighted by atomic mass is 9.83. The van der Waals surface area contributed by atoms with Gasteiger partial charge in [-0.2, -0.15) is 4.98 Å². The Hall–Kier alpha value is -11.5. The van der Waals surface area contributed by atoms with E-state index >= 15 is 0 Å². The van der Waals surface area contributed by atoms with E-state index in [1.807, 2.05) is 80.0 Å². The molecule has 6 aromatic rings. The van der Waals surface area contributed by atoms with E-state index in [-0.39, 0.29) is 148 Å². The number of amides is 4. The van der Waals surface area contributed by atoms with Gasteiger partial charge in [0.05, 0.1) is 113 Å². The summed E-state index contributed by atoms with van der Waals surface area (Å²) in [4.78, 5) is 149. The summed E-state index contributed by atoms with van der Waals surface area (Å²) in [7, 11) is 1.65. The molecule has 6 aliphatic heterocycles. The number of aromatic nitrogens is 7. The van der Waals surface area contributed by atoms with Crippen LogP contribution in [0.15, 0.2) is 113 Å². The number of cyclic esters (lactones) is 1. The van der Waals surface area contributed by atoms with Crippen LogP contribution in [-0.4, -0.2) is 267 Å². The molecule has 36 heteroatoms. The lowest BCUT2D eigenvalue weighted by molar-refractivity contribution is -0.167. The number of carboxylic acids is 1. The molecule has 10 atom stereocenters. The van der Waals surface area contributed by atoms with Crippen molar-refractivity contribution in [2.75, 3.05) is 132 Å². The molecule has 134 heavy (non-hydrogen) atoms. The van der Waals surface area contributed by atoms with Crippen LogP contribution in [0, 0.1) is 29.1 Å². The summed E-state index contributed by atoms with van der Waals surface area (Å²) in [6, 6.07) is 9.34. The van der Waals surface area contributed by atoms with Gasteiger partial charge < -0.3 is 99.1 Å². The molecule has 7 aliphatic rings. The third-order valence-electron chi connectivity index (χ3n) is 26.4. The molecule has 9 N–H and O–H groups in total. The van der Waals surface area contributed by atoms with Crippen molar-refractivity contribution in [2.45, 2.75) is 231 Å². The quantitative estimate of drug-likeness (QED) is 0.00754. The van der Waals surface area contributed by atoms with E-state index in [4.69, 9.17) is 64.2 Å². The second-order valence-electron chi connectivity index (χ2n) is 36.3. The Labute approximate surface area is 782 Å². The number of carboxylic acid groups (broad SMARTS) is 1. The van der Waals surface area contributed by atoms with E-state index in [1.54, 1.807) is 41.3 Å². The smallest absolute Gasteiger partial charge is 0.410 e. The topological polar surface area (TPSA) is 470 Å². The number of ketones is 2. The number of rotatable bonds is 29. The monoisotopic (exact) mass is 1850 g/mol. The Morgan fingerprint density at radius 1 is 0.679 bits per heavy atom. The molecule has 10 heterocycles. The van der Waals surface area contributed by atoms with Crippen LogP contribution in [0.3, 0.4) is 0 Å². The minimum absolute atomic E-state index is 0.00365. The fourth-order valence-electron chi connectivity index (χ4n) is 18.6. The van der Waals surface area contributed by atoms with Gasteiger partial charge in [-0.25, -0.2) is 44.3 Å². The van der Waals surface area contributed by atoms with Crippen molar-refractivity contribution in [1.82, 2.24) is 54.9 Å². The van der Waals surface area contributed by atoms with Gasteiger partial charge in [-0.15, -0.1) is 0 Å². The van der Waals surface area contributed by atoms with Crippen molar-refractivity contribution in [3.05, 3.63) is 154 Å². The van der Waals surface area contributed by atoms with Crippen molar-refractivity contribution in [1.29, 1.82) is 5.41 Å². The van der Waals surface area contributed by atoms with Crippen molar-refractivity contribution < 1.29 is 90.9 Å². The normalized spacial score (nSPS) is 24.6. The van der Waals surface area contributed by atoms with Gasteiger partial charge in [0.15, 0.2) is 5.58 Å². The minimum atomic E-state index is -1.10. The first kappa shape index (κ1) is 99.9. The third-order valence-corrected chi connectivity index (χ3v) is 26.4. The van der Waals surface area contributed by atoms with E-state index < -0.39 is 66.0 Å². The Bertz CT molecular complexity index is 5170. The van der Waals surface area contributed by atoms with Crippen molar-refractivity contribution in [3.63, 3.8) is 0 Å². The lowest BCUT2D eigenvalue weighted by Crippen LogP contribution is -2.57. The molecule has 2 aromatic carbocycles. The number of methoxy groups -OCH3 is 1. The van der Waals surface area contributed by atoms with E-state index in [0.717, 1.165) is 52.8 Å². The zero-order chi connectivity index (χ0) is 94.7. The molecule has 2 bridgehead atoms. The molecule has 36 nitrogen and oxygen atoms in total. The molecule has 4 fully saturated rings. The van der Waals surface area contributed by atoms with Gasteiger partial charge in [0.25, 0.3) is 17.8 Å². The second kappa shape index (κ2) is 49.1. The van der Waals surface area contributed by atoms with Crippen LogP contribution < -0.4 is 31.9 Å². The highest BCUT2D eigenvalue weighted by Gasteiger charge is 2.43. The number of anilines is 5. The molecule has 3 saturated heterocycles. The number of esters is 1. The molecule has 13 rings (SSSR count). The Kier molecular flexibility index (Phi) is 36.6. The number of ether oxygens (including phenoxy) is 8. The number of aliphatic carboxylic acids is 1. The van der Waals surface area contributed by atoms with Crippen LogP contribution in [0.2, 0.25) is 0 Å². The number of carbonyl (C=O) groups is 8. The van der Waals surface area contributed by atoms with Crippen LogP contribution >= 0.6 is 0 Å². The molecule has 1 saturated carbocycles. The molecule has 0 spiro atoms. The standard InChI is InChI=1S/C98H131N17O19/c1-61-13-8-7-9-14-63(3)84(126-6)51-75-15-12-17-83(131-75)88(119)92(121)114-34-11-10-16-78(114)94(124)132-73(25-18-62(2)48-65(5)81(117)52-80(116)64(4)47-61)26-20-66-21-27-74(28-22-66)133-98(125)113-36-31-76-72(58-113)56-106-97(110-76)112-37-38-115(79(59-112)93(122)123)96-104-54-71(55-105-96)91(120)102-33-40-128-42-44-130-46-45-129-43-41-127-39-32-85(118)111-35-30-68-49-67(19-23-70(68)57-111)53-103-90-86(89(100)107-60-108-90)87(99)69-24-29-82-77(50-69)109-95(101)134-82/h7-9,13-14,19,23-24,29,48-50,54-56,60-62,64,66,73-75,78-79,81,83-84,99,117H,10-12,15-18,20-22,25-28,30-47,51-53,57-59H2,1-6H3,(H2,101,109)(H,102,120)(H,122,123)(H3,100,103,107,108)/b9-7?,13-8+,63-14?,65-48+,99-87?/t61-,62+,64-,66?,73+,74?,75?,78+,79-,81+,83?,84+/m1/s1. The van der Waals surface area contributed by atoms with Crippen LogP contribution in [0.1, 0.15) is 200 Å². The minimum Gasteiger partial charge on any atom is -0.480 e. The van der Waals surface area contributed by atoms with Gasteiger partial charge in [-0.3, -0.25) is 29.4 Å². The molecule has 4 amide bonds. The van der Waals surface area contributed by atoms with Crippen molar-refractivity contribution in [2.24, 2.45) is 23.7 Å². The van der Waals surface area contributed by atoms with E-state index in [2.05, 4.69) is 59.6 Å². The molecular formula is C98H131N17O19. The van der Waals surface area contributed by atoms with Gasteiger partial charge in [0.2, 0.25) is 23.6 Å². The van der Waals surface area contributed by atoms with Gasteiger partial charge in [0, 0.05) is 114 Å². The van der Waals surface area contributed by atoms with E-state index in [9.17, 15) is 48.6 Å². The first-order chi connectivity index (χ1) is 64.8. The predicted octanol–water partition coefficient (Wildman–Crippen LogP) is 10.4. The number of piperazine rings is 1. The molecule has 722 valence electrons. The summed E-state index contributed by atoms with van der Waals surface area (Å²) in [6.07, 6.45) is 25.3. The zero-order valence-electron chi connectivity index (χ0n) is 77.9. The number of nitrogens with two attached hydrogens (primary N) is 2. The number of fused-ring (bicyclic) bond motifs is 6. The molecular weight excluding hydrogens is 1720 g/mol. The average Bonchev–Trinajstić information content (AvgIpc) is 0.930. The van der Waals surface area contributed by atoms with Crippen LogP contribution in [0.4, 0.5) is 34.3 Å². The van der Waals surface area contributed by atoms with Crippen molar-refractivity contribution >= 4 is 93.7 Å². The summed E-state index contributed by atoms with van der Waals surface area (Å²) >= 11 is 0. The number of oxazole rings is 1. The summed E-state index contributed by atoms with van der Waals surface area (Å²) < 4.78 is 52.9. The number of hydrogen-bond acceptors (Lipinski definition) is 31. The van der Waals surface area contributed by atoms with Crippen LogP contribution in [0.5, 0.6) is 0 Å². The summed E-state index contributed by atoms with van der Waals surface area (Å²) in [5.74, 6) is -2.25. The number of aliphatic hydroxyl groups is 1. The number of nitrogens with one attached hydrogen (secondary N) is 3. The summed E-state index contributed by atoms with van der Waals surface area (Å²) in [5, 5.41) is 36.9. The highest BCUT2D eigenvalue weighted by atomic mass is 16.6. The first-order valence-electron chi connectivity index (χ1n) is 47.4. The summed E-state index contributed by atoms with van der Waals surface area (Å²) in [6.45, 7) is 15.4. The number of hydrogen-bond donors (Lipinski definition) is 7. The fourth-order valence-corrected chi connectivity index (χ4v) is 18.6. The fraction of sp³-hybridized carbons (Fsp3) is 0.571. The lowest BCUT2D eigenvalue weighted by Gasteiger charge is -2.39. The largest absolute Gasteiger partial charge is 0.480 e. The first-order valence-corrected chi connectivity index (χ1v) is 47.4. The number of aliphatic hydroxyl groups excluding tert-OH is 1. The number of benzene rings is 2. The zero-order valence-corrected chi connectivity index (χ0v) is 77.9. The van der Waals surface area contributed by atoms with Crippen LogP contribution in [0.25, 0.3) is 11.1 Å². The Morgan fingerprint density at radius 2 is 1.43 bits per heavy atom. The number of allylic oxidation sites excluding steroid dienone is 6. The van der Waals surface area contributed by atoms with Gasteiger partial charge in [-0.05, 0) is 180 Å². The molecule has 4 aromatic heterocycles. The maximum absolute atomic E-state index is 14.5. The Balaban J connectivity index is 0.486.